The molecule has 3 aliphatic rings. The van der Waals surface area contributed by atoms with Crippen molar-refractivity contribution in [2.45, 2.75) is 43.8 Å². The van der Waals surface area contributed by atoms with Gasteiger partial charge >= 0.3 is 0 Å². The van der Waals surface area contributed by atoms with Crippen molar-refractivity contribution in [3.05, 3.63) is 243 Å². The molecule has 0 spiro atoms. The second kappa shape index (κ2) is 31.0. The number of rotatable bonds is 18. The maximum absolute atomic E-state index is 14.8. The Morgan fingerprint density at radius 2 is 0.838 bits per heavy atom. The summed E-state index contributed by atoms with van der Waals surface area (Å²) in [5.74, 6) is 0.401. The highest BCUT2D eigenvalue weighted by Crippen LogP contribution is 2.41. The van der Waals surface area contributed by atoms with Crippen molar-refractivity contribution in [2.24, 2.45) is 0 Å². The number of benzene rings is 6. The molecule has 9 heterocycles. The summed E-state index contributed by atoms with van der Waals surface area (Å²) in [6, 6.07) is 41.9. The first kappa shape index (κ1) is 70.4. The molecule has 12 aromatic rings. The number of alkyl halides is 2. The van der Waals surface area contributed by atoms with E-state index in [0.29, 0.717) is 126 Å². The van der Waals surface area contributed by atoms with Crippen molar-refractivity contribution in [1.29, 1.82) is 5.26 Å². The zero-order valence-electron chi connectivity index (χ0n) is 56.7. The highest BCUT2D eigenvalue weighted by molar-refractivity contribution is 5.97. The molecule has 6 aromatic heterocycles. The van der Waals surface area contributed by atoms with E-state index in [9.17, 15) is 41.6 Å². The number of nitriles is 1. The van der Waals surface area contributed by atoms with Gasteiger partial charge in [-0.1, -0.05) is 50.1 Å². The molecular formula is C79H66F5N13O8. The van der Waals surface area contributed by atoms with Crippen LogP contribution >= 0.6 is 0 Å². The van der Waals surface area contributed by atoms with Gasteiger partial charge in [-0.25, -0.2) is 13.2 Å². The lowest BCUT2D eigenvalue weighted by Gasteiger charge is -2.16. The number of fused-ring (bicyclic) bond motifs is 3. The number of carbonyl (C=O) groups is 3. The summed E-state index contributed by atoms with van der Waals surface area (Å²) in [6.45, 7) is 13.6. The van der Waals surface area contributed by atoms with Crippen LogP contribution in [-0.2, 0) is 14.4 Å². The van der Waals surface area contributed by atoms with Crippen molar-refractivity contribution in [3.8, 4) is 85.8 Å². The van der Waals surface area contributed by atoms with Gasteiger partial charge in [0, 0.05) is 103 Å². The Kier molecular flexibility index (Phi) is 20.8. The first-order valence-corrected chi connectivity index (χ1v) is 33.3. The van der Waals surface area contributed by atoms with Crippen LogP contribution in [0.25, 0.3) is 66.5 Å². The number of aromatic nitrogens is 9. The number of hydrogen-bond acceptors (Lipinski definition) is 15. The SMILES string of the molecule is C=CC(=O)N1CC[C@@H](n2nc(-c3ccc(Oc4cccc(OC)c4F)cc3)c3cncc(C#N)c32)C1.C=CC(=O)N1CC[C@@H](n2nc(-c3ccc(Oc4cccc(OC)c4F)cc3)c3cncc(C(F)F)c32)C1.C=CC(=O)N1CC[C@@H](n2nc(-c3ccc(Oc4ccccc4)cc3)c3cncc(F)c32)C1. The molecule has 0 saturated carbocycles. The number of amides is 3. The lowest BCUT2D eigenvalue weighted by Crippen LogP contribution is -2.27. The summed E-state index contributed by atoms with van der Waals surface area (Å²) in [5, 5.41) is 25.9. The van der Waals surface area contributed by atoms with Crippen LogP contribution in [0.2, 0.25) is 0 Å². The predicted molar refractivity (Wildman–Crippen MR) is 382 cm³/mol. The molecule has 0 unspecified atom stereocenters. The number of pyridine rings is 3. The third-order valence-corrected chi connectivity index (χ3v) is 18.3. The van der Waals surface area contributed by atoms with Gasteiger partial charge in [0.15, 0.2) is 28.8 Å². The van der Waals surface area contributed by atoms with Crippen molar-refractivity contribution in [1.82, 2.24) is 59.0 Å². The van der Waals surface area contributed by atoms with Gasteiger partial charge in [-0.05, 0) is 147 Å². The average molecular weight is 1420 g/mol. The third kappa shape index (κ3) is 14.6. The maximum Gasteiger partial charge on any atom is 0.267 e. The van der Waals surface area contributed by atoms with E-state index < -0.39 is 23.9 Å². The fourth-order valence-corrected chi connectivity index (χ4v) is 13.1. The molecule has 15 rings (SSSR count). The standard InChI is InChI=1S/C27H23F3N4O3.C27H22FN5O3.C25H21FN4O2/c1-3-23(35)33-12-11-17(15-33)34-26-19(13-31-14-20(26)27(29)30)25(32-34)16-7-9-18(10-8-16)37-22-6-4-5-21(36-2)24(22)28;1-3-24(34)32-12-11-19(16-32)33-27-18(13-29)14-30-15-21(27)26(31-33)17-7-9-20(10-8-17)36-23-6-4-5-22(35-2)25(23)28;1-2-23(31)29-13-12-18(16-29)30-25-21(14-27-15-22(25)26)24(28-30)17-8-10-20(11-9-17)32-19-6-4-3-5-7-19/h3-10,13-14,17,27H,1,11-12,15H2,2H3;3-10,14-15,19H,1,11-12,16H2,2H3;2-11,14-15,18H,1,12-13,16H2/t17-;19-;18-/m111/s1. The van der Waals surface area contributed by atoms with E-state index in [0.717, 1.165) is 28.5 Å². The average Bonchev–Trinajstić information content (AvgIpc) is 1.62. The number of methoxy groups -OCH3 is 2. The molecule has 105 heavy (non-hydrogen) atoms. The zero-order chi connectivity index (χ0) is 73.4. The van der Waals surface area contributed by atoms with Gasteiger partial charge in [0.05, 0.1) is 60.7 Å². The van der Waals surface area contributed by atoms with E-state index in [1.54, 1.807) is 85.0 Å². The summed E-state index contributed by atoms with van der Waals surface area (Å²) in [6.07, 6.45) is 11.8. The molecule has 6 aromatic carbocycles. The van der Waals surface area contributed by atoms with E-state index in [-0.39, 0.29) is 69.9 Å². The summed E-state index contributed by atoms with van der Waals surface area (Å²) < 4.78 is 104. The Balaban J connectivity index is 0.000000140. The molecule has 3 fully saturated rings. The van der Waals surface area contributed by atoms with Crippen LogP contribution in [0.5, 0.6) is 46.0 Å². The van der Waals surface area contributed by atoms with Crippen LogP contribution in [0.4, 0.5) is 22.0 Å². The number of carbonyl (C=O) groups excluding carboxylic acids is 3. The molecule has 0 radical (unpaired) electrons. The number of hydrogen-bond donors (Lipinski definition) is 0. The molecule has 0 bridgehead atoms. The molecule has 3 aliphatic heterocycles. The van der Waals surface area contributed by atoms with E-state index >= 15 is 0 Å². The second-order valence-electron chi connectivity index (χ2n) is 24.5. The third-order valence-electron chi connectivity index (χ3n) is 18.3. The second-order valence-corrected chi connectivity index (χ2v) is 24.5. The highest BCUT2D eigenvalue weighted by atomic mass is 19.3. The molecule has 26 heteroatoms. The molecular weight excluding hydrogens is 1350 g/mol. The summed E-state index contributed by atoms with van der Waals surface area (Å²) in [4.78, 5) is 53.5. The lowest BCUT2D eigenvalue weighted by atomic mass is 10.1. The molecule has 3 atom stereocenters. The summed E-state index contributed by atoms with van der Waals surface area (Å²) >= 11 is 0. The minimum Gasteiger partial charge on any atom is -0.494 e. The lowest BCUT2D eigenvalue weighted by molar-refractivity contribution is -0.125. The normalized spacial score (nSPS) is 15.4. The predicted octanol–water partition coefficient (Wildman–Crippen LogP) is 15.8. The van der Waals surface area contributed by atoms with Crippen molar-refractivity contribution in [2.75, 3.05) is 53.5 Å². The van der Waals surface area contributed by atoms with Crippen LogP contribution in [0.15, 0.2) is 215 Å². The Hall–Kier alpha value is -13.1. The smallest absolute Gasteiger partial charge is 0.267 e. The van der Waals surface area contributed by atoms with Gasteiger partial charge < -0.3 is 38.4 Å². The number of ether oxygens (including phenoxy) is 5. The number of nitrogens with zero attached hydrogens (tertiary/aromatic N) is 13. The Morgan fingerprint density at radius 1 is 0.467 bits per heavy atom. The van der Waals surface area contributed by atoms with Crippen LogP contribution in [0.3, 0.4) is 0 Å². The first-order chi connectivity index (χ1) is 51.1. The summed E-state index contributed by atoms with van der Waals surface area (Å²) in [5.41, 5.74) is 5.59. The van der Waals surface area contributed by atoms with Crippen LogP contribution in [0, 0.1) is 28.8 Å². The zero-order valence-corrected chi connectivity index (χ0v) is 56.7. The maximum atomic E-state index is 14.8. The van der Waals surface area contributed by atoms with Crippen molar-refractivity contribution in [3.63, 3.8) is 0 Å². The Morgan fingerprint density at radius 3 is 1.26 bits per heavy atom. The van der Waals surface area contributed by atoms with Gasteiger partial charge in [-0.3, -0.25) is 43.4 Å². The van der Waals surface area contributed by atoms with Crippen LogP contribution in [0.1, 0.15) is 54.9 Å². The van der Waals surface area contributed by atoms with Gasteiger partial charge in [0.1, 0.15) is 51.7 Å². The molecule has 530 valence electrons. The van der Waals surface area contributed by atoms with E-state index in [1.807, 2.05) is 71.4 Å². The molecule has 3 saturated heterocycles. The van der Waals surface area contributed by atoms with Gasteiger partial charge in [0.25, 0.3) is 6.43 Å². The van der Waals surface area contributed by atoms with Crippen LogP contribution in [-0.4, -0.2) is 130 Å². The molecule has 3 amide bonds. The van der Waals surface area contributed by atoms with E-state index in [4.69, 9.17) is 39.0 Å². The quantitative estimate of drug-likeness (QED) is 0.0575. The van der Waals surface area contributed by atoms with E-state index in [2.05, 4.69) is 40.8 Å². The Bertz CT molecular complexity index is 5300. The van der Waals surface area contributed by atoms with E-state index in [1.165, 1.54) is 75.3 Å². The largest absolute Gasteiger partial charge is 0.494 e. The number of para-hydroxylation sites is 1. The fourth-order valence-electron chi connectivity index (χ4n) is 13.1. The topological polar surface area (TPSA) is 223 Å². The molecule has 0 aliphatic carbocycles. The van der Waals surface area contributed by atoms with Crippen molar-refractivity contribution >= 4 is 50.4 Å². The van der Waals surface area contributed by atoms with Gasteiger partial charge in [0.2, 0.25) is 29.4 Å². The molecule has 21 nitrogen and oxygen atoms in total. The minimum absolute atomic E-state index is 0.00691. The van der Waals surface area contributed by atoms with Gasteiger partial charge in [-0.15, -0.1) is 0 Å². The Labute approximate surface area is 598 Å². The minimum atomic E-state index is -2.75. The number of halogens is 5. The highest BCUT2D eigenvalue weighted by Gasteiger charge is 2.34. The fraction of sp³-hybridized carbons (Fsp3) is 0.190. The summed E-state index contributed by atoms with van der Waals surface area (Å²) in [7, 11) is 2.77. The molecule has 0 N–H and O–H groups in total. The van der Waals surface area contributed by atoms with Crippen LogP contribution < -0.4 is 23.7 Å². The monoisotopic (exact) mass is 1420 g/mol. The van der Waals surface area contributed by atoms with Crippen molar-refractivity contribution < 1.29 is 60.0 Å². The number of likely N-dealkylation sites (tertiary alicyclic amines) is 3. The first-order valence-electron chi connectivity index (χ1n) is 33.3. The van der Waals surface area contributed by atoms with Gasteiger partial charge in [-0.2, -0.15) is 29.3 Å².